The molecule has 10 rings (SSSR count). The summed E-state index contributed by atoms with van der Waals surface area (Å²) in [6, 6.07) is 46.1. The van der Waals surface area contributed by atoms with Crippen molar-refractivity contribution in [1.29, 1.82) is 0 Å². The third kappa shape index (κ3) is 4.31. The van der Waals surface area contributed by atoms with Gasteiger partial charge in [-0.05, 0) is 83.3 Å². The van der Waals surface area contributed by atoms with E-state index < -0.39 is 0 Å². The van der Waals surface area contributed by atoms with E-state index in [2.05, 4.69) is 155 Å². The van der Waals surface area contributed by atoms with Gasteiger partial charge in [0.15, 0.2) is 0 Å². The molecule has 0 radical (unpaired) electrons. The van der Waals surface area contributed by atoms with Gasteiger partial charge >= 0.3 is 0 Å². The lowest BCUT2D eigenvalue weighted by molar-refractivity contribution is 0.633. The molecular formula is C45H32N4. The van der Waals surface area contributed by atoms with Crippen molar-refractivity contribution < 1.29 is 0 Å². The van der Waals surface area contributed by atoms with E-state index in [9.17, 15) is 0 Å². The maximum absolute atomic E-state index is 4.85. The Hall–Kier alpha value is -6.26. The van der Waals surface area contributed by atoms with E-state index in [-0.39, 0.29) is 5.92 Å². The van der Waals surface area contributed by atoms with Gasteiger partial charge in [-0.1, -0.05) is 91.9 Å². The first kappa shape index (κ1) is 27.8. The van der Waals surface area contributed by atoms with Crippen molar-refractivity contribution >= 4 is 60.2 Å². The zero-order valence-corrected chi connectivity index (χ0v) is 27.0. The normalized spacial score (nSPS) is 16.3. The predicted octanol–water partition coefficient (Wildman–Crippen LogP) is 11.3. The largest absolute Gasteiger partial charge is 0.310 e. The monoisotopic (exact) mass is 628 g/mol. The van der Waals surface area contributed by atoms with Crippen LogP contribution in [-0.4, -0.2) is 19.1 Å². The number of pyridine rings is 2. The third-order valence-electron chi connectivity index (χ3n) is 10.3. The molecule has 4 nitrogen and oxygen atoms in total. The molecule has 2 unspecified atom stereocenters. The van der Waals surface area contributed by atoms with Crippen LogP contribution in [0.5, 0.6) is 0 Å². The van der Waals surface area contributed by atoms with Crippen molar-refractivity contribution in [3.05, 3.63) is 170 Å². The molecule has 49 heavy (non-hydrogen) atoms. The van der Waals surface area contributed by atoms with Crippen LogP contribution in [0.15, 0.2) is 164 Å². The van der Waals surface area contributed by atoms with E-state index in [1.165, 1.54) is 60.5 Å². The van der Waals surface area contributed by atoms with Gasteiger partial charge in [-0.25, -0.2) is 0 Å². The van der Waals surface area contributed by atoms with E-state index in [0.29, 0.717) is 5.92 Å². The smallest absolute Gasteiger partial charge is 0.0802 e. The van der Waals surface area contributed by atoms with Crippen LogP contribution in [0.2, 0.25) is 0 Å². The van der Waals surface area contributed by atoms with Crippen molar-refractivity contribution in [1.82, 2.24) is 19.1 Å². The Morgan fingerprint density at radius 2 is 1.39 bits per heavy atom. The predicted molar refractivity (Wildman–Crippen MR) is 204 cm³/mol. The number of hydrogen-bond acceptors (Lipinski definition) is 2. The molecule has 1 aliphatic carbocycles. The fraction of sp³-hybridized carbons (Fsp3) is 0.0667. The highest BCUT2D eigenvalue weighted by Crippen LogP contribution is 2.41. The second kappa shape index (κ2) is 10.9. The van der Waals surface area contributed by atoms with Gasteiger partial charge in [0.05, 0.1) is 27.6 Å². The van der Waals surface area contributed by atoms with Crippen LogP contribution in [0.3, 0.4) is 0 Å². The van der Waals surface area contributed by atoms with Crippen LogP contribution >= 0.6 is 0 Å². The average Bonchev–Trinajstić information content (AvgIpc) is 3.68. The van der Waals surface area contributed by atoms with Crippen molar-refractivity contribution in [3.63, 3.8) is 0 Å². The fourth-order valence-electron chi connectivity index (χ4n) is 7.99. The van der Waals surface area contributed by atoms with Crippen molar-refractivity contribution in [2.24, 2.45) is 5.92 Å². The van der Waals surface area contributed by atoms with Gasteiger partial charge in [0, 0.05) is 62.8 Å². The van der Waals surface area contributed by atoms with Gasteiger partial charge in [0.2, 0.25) is 0 Å². The number of nitrogens with zero attached hydrogens (tertiary/aromatic N) is 4. The Labute approximate surface area is 283 Å². The Bertz CT molecular complexity index is 2780. The Balaban J connectivity index is 1.17. The van der Waals surface area contributed by atoms with E-state index >= 15 is 0 Å². The Morgan fingerprint density at radius 3 is 2.29 bits per heavy atom. The molecule has 1 aliphatic rings. The van der Waals surface area contributed by atoms with Crippen LogP contribution in [-0.2, 0) is 0 Å². The lowest BCUT2D eigenvalue weighted by Crippen LogP contribution is -2.11. The second-order valence-electron chi connectivity index (χ2n) is 13.1. The number of allylic oxidation sites excluding steroid dienone is 4. The van der Waals surface area contributed by atoms with Crippen molar-refractivity contribution in [2.45, 2.75) is 12.8 Å². The summed E-state index contributed by atoms with van der Waals surface area (Å²) in [5, 5.41) is 6.05. The van der Waals surface area contributed by atoms with E-state index in [1.54, 1.807) is 0 Å². The molecule has 0 bridgehead atoms. The summed E-state index contributed by atoms with van der Waals surface area (Å²) in [4.78, 5) is 9.27. The maximum Gasteiger partial charge on any atom is 0.0802 e. The number of para-hydroxylation sites is 2. The van der Waals surface area contributed by atoms with Crippen LogP contribution in [0, 0.1) is 5.92 Å². The highest BCUT2D eigenvalue weighted by Gasteiger charge is 2.23. The summed E-state index contributed by atoms with van der Waals surface area (Å²) in [6.45, 7) is 2.28. The molecule has 4 heteroatoms. The van der Waals surface area contributed by atoms with Gasteiger partial charge in [-0.3, -0.25) is 9.97 Å². The number of aromatic nitrogens is 4. The molecule has 0 saturated carbocycles. The summed E-state index contributed by atoms with van der Waals surface area (Å²) in [6.07, 6.45) is 12.8. The van der Waals surface area contributed by atoms with E-state index in [4.69, 9.17) is 4.98 Å². The Kier molecular flexibility index (Phi) is 6.18. The standard InChI is InChI=1S/C45H32N4/c1-29-15-19-35(27-38(29)33-10-7-23-46-28-33)49-40-14-6-5-13-36(40)39-25-31(18-21-41(39)49)32-16-20-37-43(26-32)48(34-11-3-2-4-12-34)42-22-17-30-9-8-24-47-45(30)44(37)42/h2-29,38H,1H3. The molecule has 0 saturated heterocycles. The molecule has 0 aliphatic heterocycles. The molecule has 0 amide bonds. The number of benzene rings is 5. The SMILES string of the molecule is CC1C=CC(n2c3ccccc3c3cc(-c4ccc5c6c7ncccc7ccc6n(-c6ccccc6)c5c4)ccc32)=CC1c1cccnc1. The number of fused-ring (bicyclic) bond motifs is 8. The van der Waals surface area contributed by atoms with Crippen LogP contribution < -0.4 is 0 Å². The van der Waals surface area contributed by atoms with Crippen LogP contribution in [0.25, 0.3) is 77.0 Å². The van der Waals surface area contributed by atoms with Crippen LogP contribution in [0.1, 0.15) is 18.4 Å². The molecule has 9 aromatic rings. The highest BCUT2D eigenvalue weighted by atomic mass is 15.0. The minimum Gasteiger partial charge on any atom is -0.310 e. The molecule has 0 fully saturated rings. The first-order chi connectivity index (χ1) is 24.2. The van der Waals surface area contributed by atoms with Gasteiger partial charge in [-0.2, -0.15) is 0 Å². The summed E-state index contributed by atoms with van der Waals surface area (Å²) in [5.41, 5.74) is 11.7. The first-order valence-corrected chi connectivity index (χ1v) is 16.9. The number of hydrogen-bond donors (Lipinski definition) is 0. The van der Waals surface area contributed by atoms with Gasteiger partial charge in [-0.15, -0.1) is 0 Å². The Morgan fingerprint density at radius 1 is 0.592 bits per heavy atom. The molecule has 0 N–H and O–H groups in total. The summed E-state index contributed by atoms with van der Waals surface area (Å²) in [5.74, 6) is 0.655. The fourth-order valence-corrected chi connectivity index (χ4v) is 7.99. The zero-order valence-electron chi connectivity index (χ0n) is 27.0. The molecule has 4 heterocycles. The highest BCUT2D eigenvalue weighted by molar-refractivity contribution is 6.20. The lowest BCUT2D eigenvalue weighted by atomic mass is 9.84. The van der Waals surface area contributed by atoms with Crippen molar-refractivity contribution in [3.8, 4) is 16.8 Å². The summed E-state index contributed by atoms with van der Waals surface area (Å²) in [7, 11) is 0. The zero-order chi connectivity index (χ0) is 32.5. The quantitative estimate of drug-likeness (QED) is 0.194. The van der Waals surface area contributed by atoms with Gasteiger partial charge in [0.1, 0.15) is 0 Å². The van der Waals surface area contributed by atoms with E-state index in [1.807, 2.05) is 30.7 Å². The topological polar surface area (TPSA) is 35.6 Å². The second-order valence-corrected chi connectivity index (χ2v) is 13.1. The van der Waals surface area contributed by atoms with E-state index in [0.717, 1.165) is 22.1 Å². The maximum atomic E-state index is 4.85. The molecular weight excluding hydrogens is 597 g/mol. The first-order valence-electron chi connectivity index (χ1n) is 16.9. The molecule has 4 aromatic heterocycles. The molecule has 0 spiro atoms. The summed E-state index contributed by atoms with van der Waals surface area (Å²) < 4.78 is 4.81. The molecule has 5 aromatic carbocycles. The van der Waals surface area contributed by atoms with Crippen LogP contribution in [0.4, 0.5) is 0 Å². The van der Waals surface area contributed by atoms with Gasteiger partial charge < -0.3 is 9.13 Å². The average molecular weight is 629 g/mol. The number of rotatable bonds is 4. The van der Waals surface area contributed by atoms with Crippen molar-refractivity contribution in [2.75, 3.05) is 0 Å². The lowest BCUT2D eigenvalue weighted by Gasteiger charge is -2.24. The van der Waals surface area contributed by atoms with Gasteiger partial charge in [0.25, 0.3) is 0 Å². The minimum atomic E-state index is 0.264. The molecule has 2 atom stereocenters. The molecule has 232 valence electrons. The summed E-state index contributed by atoms with van der Waals surface area (Å²) >= 11 is 0. The minimum absolute atomic E-state index is 0.264. The third-order valence-corrected chi connectivity index (χ3v) is 10.3.